The molecule has 1 N–H and O–H groups in total. The summed E-state index contributed by atoms with van der Waals surface area (Å²) in [6.07, 6.45) is 9.33. The average molecular weight is 283 g/mol. The fourth-order valence-electron chi connectivity index (χ4n) is 3.06. The predicted octanol–water partition coefficient (Wildman–Crippen LogP) is 4.77. The van der Waals surface area contributed by atoms with Crippen molar-refractivity contribution in [2.45, 2.75) is 70.9 Å². The topological polar surface area (TPSA) is 12.0 Å². The highest BCUT2D eigenvalue weighted by atomic mass is 14.9. The van der Waals surface area contributed by atoms with Gasteiger partial charge in [-0.15, -0.1) is 0 Å². The monoisotopic (exact) mass is 283 g/mol. The molecular formula is C20H29N. The summed E-state index contributed by atoms with van der Waals surface area (Å²) >= 11 is 0. The molecule has 1 aromatic carbocycles. The van der Waals surface area contributed by atoms with E-state index in [2.05, 4.69) is 55.3 Å². The lowest BCUT2D eigenvalue weighted by molar-refractivity contribution is 0.394. The smallest absolute Gasteiger partial charge is 0.0697 e. The Labute approximate surface area is 130 Å². The van der Waals surface area contributed by atoms with E-state index in [0.717, 1.165) is 12.0 Å². The molecule has 21 heavy (non-hydrogen) atoms. The summed E-state index contributed by atoms with van der Waals surface area (Å²) in [4.78, 5) is 0. The molecule has 1 unspecified atom stereocenters. The first-order valence-corrected chi connectivity index (χ1v) is 8.56. The SMILES string of the molecule is CC(C)CC(C#Cc1ccccc1)NC1CCCCCC1. The molecule has 1 aromatic rings. The van der Waals surface area contributed by atoms with E-state index in [4.69, 9.17) is 0 Å². The maximum atomic E-state index is 3.82. The van der Waals surface area contributed by atoms with Gasteiger partial charge < -0.3 is 5.32 Å². The minimum absolute atomic E-state index is 0.327. The Hall–Kier alpha value is -1.26. The quantitative estimate of drug-likeness (QED) is 0.620. The molecule has 0 spiro atoms. The molecular weight excluding hydrogens is 254 g/mol. The molecule has 0 bridgehead atoms. The van der Waals surface area contributed by atoms with Gasteiger partial charge in [0.25, 0.3) is 0 Å². The lowest BCUT2D eigenvalue weighted by atomic mass is 10.0. The summed E-state index contributed by atoms with van der Waals surface area (Å²) in [6, 6.07) is 11.3. The van der Waals surface area contributed by atoms with Gasteiger partial charge >= 0.3 is 0 Å². The van der Waals surface area contributed by atoms with E-state index in [0.29, 0.717) is 18.0 Å². The lowest BCUT2D eigenvalue weighted by Gasteiger charge is -2.22. The fourth-order valence-corrected chi connectivity index (χ4v) is 3.06. The third-order valence-corrected chi connectivity index (χ3v) is 4.16. The Balaban J connectivity index is 1.98. The molecule has 114 valence electrons. The number of benzene rings is 1. The minimum Gasteiger partial charge on any atom is -0.301 e. The van der Waals surface area contributed by atoms with Crippen LogP contribution in [0.2, 0.25) is 0 Å². The van der Waals surface area contributed by atoms with Gasteiger partial charge in [-0.1, -0.05) is 69.6 Å². The zero-order chi connectivity index (χ0) is 14.9. The van der Waals surface area contributed by atoms with Crippen molar-refractivity contribution in [3.63, 3.8) is 0 Å². The van der Waals surface area contributed by atoms with Crippen molar-refractivity contribution in [1.82, 2.24) is 5.32 Å². The molecule has 1 aliphatic rings. The van der Waals surface area contributed by atoms with Crippen molar-refractivity contribution in [3.05, 3.63) is 35.9 Å². The molecule has 0 radical (unpaired) electrons. The zero-order valence-corrected chi connectivity index (χ0v) is 13.6. The van der Waals surface area contributed by atoms with Crippen LogP contribution in [0.5, 0.6) is 0 Å². The molecule has 0 saturated heterocycles. The Morgan fingerprint density at radius 2 is 1.71 bits per heavy atom. The summed E-state index contributed by atoms with van der Waals surface area (Å²) in [7, 11) is 0. The van der Waals surface area contributed by atoms with Gasteiger partial charge in [0.2, 0.25) is 0 Å². The zero-order valence-electron chi connectivity index (χ0n) is 13.6. The normalized spacial score (nSPS) is 17.9. The molecule has 1 saturated carbocycles. The van der Waals surface area contributed by atoms with E-state index in [1.54, 1.807) is 0 Å². The Kier molecular flexibility index (Phi) is 6.83. The van der Waals surface area contributed by atoms with Crippen molar-refractivity contribution >= 4 is 0 Å². The van der Waals surface area contributed by atoms with Crippen LogP contribution in [0.1, 0.15) is 64.4 Å². The number of rotatable bonds is 4. The van der Waals surface area contributed by atoms with Crippen molar-refractivity contribution in [3.8, 4) is 11.8 Å². The summed E-state index contributed by atoms with van der Waals surface area (Å²) in [5.41, 5.74) is 1.12. The van der Waals surface area contributed by atoms with Gasteiger partial charge in [0.05, 0.1) is 6.04 Å². The summed E-state index contributed by atoms with van der Waals surface area (Å²) in [5, 5.41) is 3.82. The van der Waals surface area contributed by atoms with Crippen molar-refractivity contribution in [1.29, 1.82) is 0 Å². The molecule has 1 fully saturated rings. The molecule has 1 heteroatoms. The number of hydrogen-bond acceptors (Lipinski definition) is 1. The standard InChI is InChI=1S/C20H29N/c1-17(2)16-20(15-14-18-10-6-5-7-11-18)21-19-12-8-3-4-9-13-19/h5-7,10-11,17,19-21H,3-4,8-9,12-13,16H2,1-2H3. The van der Waals surface area contributed by atoms with Crippen LogP contribution in [0.4, 0.5) is 0 Å². The lowest BCUT2D eigenvalue weighted by Crippen LogP contribution is -2.38. The van der Waals surface area contributed by atoms with Gasteiger partial charge in [-0.05, 0) is 37.3 Å². The summed E-state index contributed by atoms with van der Waals surface area (Å²) in [6.45, 7) is 4.57. The van der Waals surface area contributed by atoms with Crippen LogP contribution in [0, 0.1) is 17.8 Å². The third-order valence-electron chi connectivity index (χ3n) is 4.16. The number of hydrogen-bond donors (Lipinski definition) is 1. The van der Waals surface area contributed by atoms with Crippen LogP contribution in [0.25, 0.3) is 0 Å². The molecule has 0 aromatic heterocycles. The molecule has 2 rings (SSSR count). The predicted molar refractivity (Wildman–Crippen MR) is 91.2 cm³/mol. The maximum Gasteiger partial charge on any atom is 0.0697 e. The largest absolute Gasteiger partial charge is 0.301 e. The van der Waals surface area contributed by atoms with Gasteiger partial charge in [0, 0.05) is 11.6 Å². The summed E-state index contributed by atoms with van der Waals surface area (Å²) < 4.78 is 0. The number of nitrogens with one attached hydrogen (secondary N) is 1. The highest BCUT2D eigenvalue weighted by molar-refractivity contribution is 5.34. The molecule has 0 aliphatic heterocycles. The summed E-state index contributed by atoms with van der Waals surface area (Å²) in [5.74, 6) is 7.50. The van der Waals surface area contributed by atoms with Gasteiger partial charge in [0.1, 0.15) is 0 Å². The van der Waals surface area contributed by atoms with E-state index >= 15 is 0 Å². The Bertz CT molecular complexity index is 444. The Morgan fingerprint density at radius 3 is 2.33 bits per heavy atom. The molecule has 1 nitrogen and oxygen atoms in total. The van der Waals surface area contributed by atoms with Crippen LogP contribution < -0.4 is 5.32 Å². The van der Waals surface area contributed by atoms with E-state index in [-0.39, 0.29) is 0 Å². The van der Waals surface area contributed by atoms with Crippen LogP contribution in [0.15, 0.2) is 30.3 Å². The van der Waals surface area contributed by atoms with Gasteiger partial charge in [-0.25, -0.2) is 0 Å². The highest BCUT2D eigenvalue weighted by Gasteiger charge is 2.16. The second-order valence-electron chi connectivity index (χ2n) is 6.67. The van der Waals surface area contributed by atoms with Crippen LogP contribution in [-0.4, -0.2) is 12.1 Å². The fraction of sp³-hybridized carbons (Fsp3) is 0.600. The maximum absolute atomic E-state index is 3.82. The average Bonchev–Trinajstić information content (AvgIpc) is 2.74. The van der Waals surface area contributed by atoms with Gasteiger partial charge in [-0.2, -0.15) is 0 Å². The first-order valence-electron chi connectivity index (χ1n) is 8.56. The second kappa shape index (κ2) is 8.90. The second-order valence-corrected chi connectivity index (χ2v) is 6.67. The first-order chi connectivity index (χ1) is 10.2. The molecule has 0 heterocycles. The Morgan fingerprint density at radius 1 is 1.05 bits per heavy atom. The van der Waals surface area contributed by atoms with Gasteiger partial charge in [-0.3, -0.25) is 0 Å². The third kappa shape index (κ3) is 6.36. The highest BCUT2D eigenvalue weighted by Crippen LogP contribution is 2.18. The van der Waals surface area contributed by atoms with Crippen molar-refractivity contribution in [2.24, 2.45) is 5.92 Å². The minimum atomic E-state index is 0.327. The van der Waals surface area contributed by atoms with E-state index in [9.17, 15) is 0 Å². The van der Waals surface area contributed by atoms with Crippen LogP contribution in [0.3, 0.4) is 0 Å². The van der Waals surface area contributed by atoms with Crippen molar-refractivity contribution in [2.75, 3.05) is 0 Å². The first kappa shape index (κ1) is 16.1. The molecule has 1 aliphatic carbocycles. The molecule has 0 amide bonds. The van der Waals surface area contributed by atoms with E-state index in [1.165, 1.54) is 38.5 Å². The van der Waals surface area contributed by atoms with E-state index < -0.39 is 0 Å². The molecule has 1 atom stereocenters. The van der Waals surface area contributed by atoms with Crippen LogP contribution in [-0.2, 0) is 0 Å². The van der Waals surface area contributed by atoms with Gasteiger partial charge in [0.15, 0.2) is 0 Å². The van der Waals surface area contributed by atoms with Crippen LogP contribution >= 0.6 is 0 Å². The van der Waals surface area contributed by atoms with E-state index in [1.807, 2.05) is 6.07 Å². The van der Waals surface area contributed by atoms with Crippen molar-refractivity contribution < 1.29 is 0 Å².